The minimum Gasteiger partial charge on any atom is -0.442 e. The zero-order valence-corrected chi connectivity index (χ0v) is 19.0. The summed E-state index contributed by atoms with van der Waals surface area (Å²) >= 11 is 0. The number of pyridine rings is 1. The van der Waals surface area contributed by atoms with E-state index in [0.717, 1.165) is 4.90 Å². The van der Waals surface area contributed by atoms with Crippen LogP contribution in [-0.4, -0.2) is 56.3 Å². The Morgan fingerprint density at radius 2 is 2.17 bits per heavy atom. The maximum atomic E-state index is 15.0. The van der Waals surface area contributed by atoms with Gasteiger partial charge in [-0.3, -0.25) is 14.7 Å². The molecule has 0 radical (unpaired) electrons. The molecule has 1 aliphatic carbocycles. The van der Waals surface area contributed by atoms with Crippen molar-refractivity contribution in [2.24, 2.45) is 11.8 Å². The topological polar surface area (TPSA) is 105 Å². The second kappa shape index (κ2) is 9.54. The number of hydrogen-bond donors (Lipinski definition) is 1. The number of nitriles is 1. The van der Waals surface area contributed by atoms with Crippen LogP contribution >= 0.6 is 0 Å². The van der Waals surface area contributed by atoms with Crippen molar-refractivity contribution in [3.05, 3.63) is 48.0 Å². The van der Waals surface area contributed by atoms with E-state index in [2.05, 4.69) is 11.1 Å². The molecule has 1 aromatic carbocycles. The number of ether oxygens (including phenoxy) is 2. The molecule has 2 aromatic rings. The fourth-order valence-corrected chi connectivity index (χ4v) is 4.60. The van der Waals surface area contributed by atoms with E-state index >= 15 is 0 Å². The largest absolute Gasteiger partial charge is 0.442 e. The van der Waals surface area contributed by atoms with E-state index in [4.69, 9.17) is 9.47 Å². The van der Waals surface area contributed by atoms with Gasteiger partial charge in [-0.2, -0.15) is 14.0 Å². The fraction of sp³-hybridized carbons (Fsp3) is 0.417. The van der Waals surface area contributed by atoms with Crippen LogP contribution in [0.2, 0.25) is 0 Å². The Labute approximate surface area is 199 Å². The number of nitrogens with one attached hydrogen (secondary N) is 1. The molecule has 2 amide bonds. The lowest BCUT2D eigenvalue weighted by Gasteiger charge is -2.15. The van der Waals surface area contributed by atoms with Gasteiger partial charge in [-0.25, -0.2) is 9.18 Å². The van der Waals surface area contributed by atoms with Crippen LogP contribution in [0.25, 0.3) is 11.1 Å². The van der Waals surface area contributed by atoms with Gasteiger partial charge in [-0.1, -0.05) is 13.0 Å². The van der Waals surface area contributed by atoms with E-state index in [0.29, 0.717) is 17.9 Å². The standard InChI is InChI=1S/C24H23F3N4O4/c1-13-18(11-34-2)24(13,12-28)20-6-3-14(8-29-20)17-5-4-15(7-19(17)25)31-10-16(35-23(31)33)9-30-22(32)21(26)27/h3-8,13,16,18,21H,9-11H2,1-2H3,(H,30,32)/t13-,16-,18+,24+/m0/s1. The Morgan fingerprint density at radius 3 is 2.77 bits per heavy atom. The van der Waals surface area contributed by atoms with Crippen LogP contribution in [0.15, 0.2) is 36.5 Å². The number of benzene rings is 1. The lowest BCUT2D eigenvalue weighted by Crippen LogP contribution is -2.37. The van der Waals surface area contributed by atoms with Crippen LogP contribution < -0.4 is 10.2 Å². The van der Waals surface area contributed by atoms with E-state index in [1.165, 1.54) is 24.4 Å². The molecule has 2 heterocycles. The van der Waals surface area contributed by atoms with E-state index in [-0.39, 0.29) is 36.2 Å². The summed E-state index contributed by atoms with van der Waals surface area (Å²) in [5.74, 6) is -1.93. The van der Waals surface area contributed by atoms with Crippen LogP contribution in [-0.2, 0) is 19.7 Å². The Morgan fingerprint density at radius 1 is 1.40 bits per heavy atom. The third kappa shape index (κ3) is 4.41. The van der Waals surface area contributed by atoms with E-state index in [1.54, 1.807) is 19.2 Å². The summed E-state index contributed by atoms with van der Waals surface area (Å²) < 4.78 is 49.9. The van der Waals surface area contributed by atoms with E-state index < -0.39 is 35.8 Å². The van der Waals surface area contributed by atoms with Crippen molar-refractivity contribution in [3.63, 3.8) is 0 Å². The number of carbonyl (C=O) groups is 2. The predicted octanol–water partition coefficient (Wildman–Crippen LogP) is 3.27. The molecule has 4 atom stereocenters. The maximum absolute atomic E-state index is 15.0. The molecule has 184 valence electrons. The van der Waals surface area contributed by atoms with Crippen LogP contribution in [0.3, 0.4) is 0 Å². The lowest BCUT2D eigenvalue weighted by molar-refractivity contribution is -0.132. The first-order chi connectivity index (χ1) is 16.7. The van der Waals surface area contributed by atoms with Gasteiger partial charge in [-0.05, 0) is 30.2 Å². The van der Waals surface area contributed by atoms with Gasteiger partial charge in [0.25, 0.3) is 5.91 Å². The van der Waals surface area contributed by atoms with Crippen molar-refractivity contribution in [2.45, 2.75) is 24.9 Å². The highest BCUT2D eigenvalue weighted by atomic mass is 19.3. The highest BCUT2D eigenvalue weighted by Crippen LogP contribution is 2.58. The third-order valence-electron chi connectivity index (χ3n) is 6.67. The van der Waals surface area contributed by atoms with Gasteiger partial charge >= 0.3 is 12.5 Å². The number of amides is 2. The Hall–Kier alpha value is -3.65. The van der Waals surface area contributed by atoms with Crippen molar-refractivity contribution in [3.8, 4) is 17.2 Å². The number of anilines is 1. The number of rotatable bonds is 8. The molecule has 8 nitrogen and oxygen atoms in total. The smallest absolute Gasteiger partial charge is 0.414 e. The minimum absolute atomic E-state index is 0.0333. The molecule has 1 saturated heterocycles. The van der Waals surface area contributed by atoms with Gasteiger partial charge in [0, 0.05) is 30.4 Å². The fourth-order valence-electron chi connectivity index (χ4n) is 4.60. The molecule has 2 aliphatic rings. The summed E-state index contributed by atoms with van der Waals surface area (Å²) in [5.41, 5.74) is 0.864. The van der Waals surface area contributed by atoms with E-state index in [9.17, 15) is 28.0 Å². The molecule has 1 aromatic heterocycles. The van der Waals surface area contributed by atoms with Crippen molar-refractivity contribution < 1.29 is 32.2 Å². The number of hydrogen-bond acceptors (Lipinski definition) is 6. The van der Waals surface area contributed by atoms with Crippen molar-refractivity contribution >= 4 is 17.7 Å². The Kier molecular flexibility index (Phi) is 6.67. The quantitative estimate of drug-likeness (QED) is 0.612. The number of aromatic nitrogens is 1. The molecule has 0 unspecified atom stereocenters. The van der Waals surface area contributed by atoms with Gasteiger partial charge in [0.1, 0.15) is 17.3 Å². The molecular formula is C24H23F3N4O4. The molecule has 35 heavy (non-hydrogen) atoms. The average Bonchev–Trinajstić information content (AvgIpc) is 3.22. The SMILES string of the molecule is COC[C@@H]1[C@H](C)[C@@]1(C#N)c1ccc(-c2ccc(N3C[C@H](CNC(=O)C(F)F)OC3=O)cc2F)cn1. The van der Waals surface area contributed by atoms with E-state index in [1.807, 2.05) is 12.2 Å². The number of methoxy groups -OCH3 is 1. The monoisotopic (exact) mass is 488 g/mol. The second-order valence-electron chi connectivity index (χ2n) is 8.59. The molecule has 1 N–H and O–H groups in total. The van der Waals surface area contributed by atoms with Gasteiger partial charge in [0.05, 0.1) is 37.1 Å². The summed E-state index contributed by atoms with van der Waals surface area (Å²) in [6.45, 7) is 2.11. The normalized spacial score (nSPS) is 25.3. The number of halogens is 3. The maximum Gasteiger partial charge on any atom is 0.414 e. The van der Waals surface area contributed by atoms with Crippen molar-refractivity contribution in [2.75, 3.05) is 31.7 Å². The summed E-state index contributed by atoms with van der Waals surface area (Å²) in [5, 5.41) is 11.8. The number of cyclic esters (lactones) is 1. The summed E-state index contributed by atoms with van der Waals surface area (Å²) in [7, 11) is 1.59. The zero-order valence-electron chi connectivity index (χ0n) is 19.0. The van der Waals surface area contributed by atoms with Crippen LogP contribution in [0, 0.1) is 29.0 Å². The Balaban J connectivity index is 1.47. The van der Waals surface area contributed by atoms with Crippen molar-refractivity contribution in [1.29, 1.82) is 5.26 Å². The van der Waals surface area contributed by atoms with Crippen LogP contribution in [0.1, 0.15) is 12.6 Å². The number of alkyl halides is 2. The highest BCUT2D eigenvalue weighted by Gasteiger charge is 2.64. The lowest BCUT2D eigenvalue weighted by atomic mass is 9.97. The third-order valence-corrected chi connectivity index (χ3v) is 6.67. The first-order valence-electron chi connectivity index (χ1n) is 10.9. The zero-order chi connectivity index (χ0) is 25.3. The first kappa shape index (κ1) is 24.5. The van der Waals surface area contributed by atoms with Gasteiger partial charge in [0.15, 0.2) is 0 Å². The molecule has 2 fully saturated rings. The van der Waals surface area contributed by atoms with Gasteiger partial charge in [-0.15, -0.1) is 0 Å². The molecule has 0 spiro atoms. The van der Waals surface area contributed by atoms with Gasteiger partial charge < -0.3 is 14.8 Å². The first-order valence-corrected chi connectivity index (χ1v) is 10.9. The molecule has 0 bridgehead atoms. The number of nitrogens with zero attached hydrogens (tertiary/aromatic N) is 3. The summed E-state index contributed by atoms with van der Waals surface area (Å²) in [6.07, 6.45) is -3.28. The van der Waals surface area contributed by atoms with Gasteiger partial charge in [0.2, 0.25) is 0 Å². The molecular weight excluding hydrogens is 465 g/mol. The Bertz CT molecular complexity index is 1170. The molecule has 4 rings (SSSR count). The average molecular weight is 488 g/mol. The molecule has 1 saturated carbocycles. The van der Waals surface area contributed by atoms with Crippen molar-refractivity contribution in [1.82, 2.24) is 10.3 Å². The molecule has 1 aliphatic heterocycles. The number of carbonyl (C=O) groups excluding carboxylic acids is 2. The predicted molar refractivity (Wildman–Crippen MR) is 118 cm³/mol. The summed E-state index contributed by atoms with van der Waals surface area (Å²) in [6, 6.07) is 9.97. The minimum atomic E-state index is -3.17. The van der Waals surface area contributed by atoms with Crippen LogP contribution in [0.4, 0.5) is 23.7 Å². The second-order valence-corrected chi connectivity index (χ2v) is 8.59. The highest BCUT2D eigenvalue weighted by molar-refractivity contribution is 5.90. The summed E-state index contributed by atoms with van der Waals surface area (Å²) in [4.78, 5) is 28.8. The molecule has 11 heteroatoms. The van der Waals surface area contributed by atoms with Crippen LogP contribution in [0.5, 0.6) is 0 Å².